The van der Waals surface area contributed by atoms with E-state index in [0.717, 1.165) is 0 Å². The first-order chi connectivity index (χ1) is 10.5. The van der Waals surface area contributed by atoms with Gasteiger partial charge in [0.2, 0.25) is 0 Å². The van der Waals surface area contributed by atoms with Crippen LogP contribution in [-0.4, -0.2) is 29.0 Å². The molecule has 0 aliphatic heterocycles. The zero-order chi connectivity index (χ0) is 17.9. The lowest BCUT2D eigenvalue weighted by Gasteiger charge is -2.44. The Hall–Kier alpha value is -0.640. The first kappa shape index (κ1) is 20.4. The Morgan fingerprint density at radius 1 is 1.09 bits per heavy atom. The summed E-state index contributed by atoms with van der Waals surface area (Å²) in [5.41, 5.74) is -0.282. The molecule has 0 N–H and O–H groups in total. The number of halogens is 3. The molecule has 0 saturated carbocycles. The summed E-state index contributed by atoms with van der Waals surface area (Å²) < 4.78 is 5.57. The van der Waals surface area contributed by atoms with E-state index < -0.39 is 0 Å². The summed E-state index contributed by atoms with van der Waals surface area (Å²) in [5, 5.41) is 1.01. The molecule has 0 unspecified atom stereocenters. The molecule has 0 radical (unpaired) electrons. The Morgan fingerprint density at radius 3 is 2.09 bits per heavy atom. The first-order valence-corrected chi connectivity index (χ1v) is 8.71. The number of amides is 1. The topological polar surface area (TPSA) is 29.5 Å². The molecule has 1 amide bonds. The van der Waals surface area contributed by atoms with E-state index in [2.05, 4.69) is 27.7 Å². The average molecular weight is 381 g/mol. The summed E-state index contributed by atoms with van der Waals surface area (Å²) in [4.78, 5) is 14.5. The number of ether oxygens (including phenoxy) is 1. The second-order valence-corrected chi connectivity index (χ2v) is 7.87. The van der Waals surface area contributed by atoms with Gasteiger partial charge in [0.15, 0.2) is 6.61 Å². The normalized spacial score (nSPS) is 12.0. The number of rotatable bonds is 6. The van der Waals surface area contributed by atoms with Gasteiger partial charge in [-0.3, -0.25) is 4.79 Å². The van der Waals surface area contributed by atoms with Crippen molar-refractivity contribution in [1.29, 1.82) is 0 Å². The van der Waals surface area contributed by atoms with Gasteiger partial charge in [0.25, 0.3) is 5.91 Å². The van der Waals surface area contributed by atoms with Gasteiger partial charge in [-0.25, -0.2) is 0 Å². The number of hydrogen-bond donors (Lipinski definition) is 0. The number of carbonyl (C=O) groups excluding carboxylic acids is 1. The van der Waals surface area contributed by atoms with E-state index in [1.165, 1.54) is 12.1 Å². The molecule has 130 valence electrons. The molecule has 23 heavy (non-hydrogen) atoms. The Bertz CT molecular complexity index is 571. The number of nitrogens with zero attached hydrogens (tertiary/aromatic N) is 1. The van der Waals surface area contributed by atoms with Crippen molar-refractivity contribution in [2.24, 2.45) is 5.92 Å². The maximum atomic E-state index is 12.7. The molecule has 0 spiro atoms. The van der Waals surface area contributed by atoms with Gasteiger partial charge in [0.05, 0.1) is 15.1 Å². The Kier molecular flexibility index (Phi) is 7.06. The highest BCUT2D eigenvalue weighted by molar-refractivity contribution is 6.43. The van der Waals surface area contributed by atoms with Gasteiger partial charge in [-0.15, -0.1) is 0 Å². The highest BCUT2D eigenvalue weighted by Crippen LogP contribution is 2.34. The van der Waals surface area contributed by atoms with Crippen LogP contribution in [0.25, 0.3) is 0 Å². The summed E-state index contributed by atoms with van der Waals surface area (Å²) in [6.07, 6.45) is 0. The van der Waals surface area contributed by atoms with E-state index >= 15 is 0 Å². The fourth-order valence-corrected chi connectivity index (χ4v) is 2.97. The van der Waals surface area contributed by atoms with Crippen molar-refractivity contribution in [2.75, 3.05) is 6.61 Å². The van der Waals surface area contributed by atoms with Crippen LogP contribution in [-0.2, 0) is 4.79 Å². The first-order valence-electron chi connectivity index (χ1n) is 7.58. The summed E-state index contributed by atoms with van der Waals surface area (Å²) >= 11 is 17.9. The molecule has 0 atom stereocenters. The van der Waals surface area contributed by atoms with Crippen LogP contribution in [0.3, 0.4) is 0 Å². The second-order valence-electron chi connectivity index (χ2n) is 6.65. The monoisotopic (exact) mass is 379 g/mol. The minimum atomic E-state index is -0.282. The predicted octanol–water partition coefficient (Wildman–Crippen LogP) is 5.70. The van der Waals surface area contributed by atoms with E-state index in [4.69, 9.17) is 39.5 Å². The van der Waals surface area contributed by atoms with Crippen molar-refractivity contribution in [3.05, 3.63) is 27.2 Å². The minimum Gasteiger partial charge on any atom is -0.482 e. The fraction of sp³-hybridized carbons (Fsp3) is 0.588. The van der Waals surface area contributed by atoms with Gasteiger partial charge in [-0.2, -0.15) is 0 Å². The van der Waals surface area contributed by atoms with Crippen LogP contribution in [0, 0.1) is 5.92 Å². The smallest absolute Gasteiger partial charge is 0.261 e. The van der Waals surface area contributed by atoms with Crippen molar-refractivity contribution < 1.29 is 9.53 Å². The van der Waals surface area contributed by atoms with E-state index in [9.17, 15) is 4.79 Å². The molecule has 1 aromatic rings. The fourth-order valence-electron chi connectivity index (χ4n) is 2.38. The third-order valence-electron chi connectivity index (χ3n) is 4.14. The van der Waals surface area contributed by atoms with E-state index in [1.54, 1.807) is 0 Å². The Morgan fingerprint density at radius 2 is 1.61 bits per heavy atom. The SMILES string of the molecule is CC(C)N(C(=O)COc1cc(Cl)c(Cl)cc1Cl)C(C)(C)C(C)C. The minimum absolute atomic E-state index is 0.0628. The van der Waals surface area contributed by atoms with Gasteiger partial charge in [0.1, 0.15) is 5.75 Å². The maximum absolute atomic E-state index is 12.7. The van der Waals surface area contributed by atoms with E-state index in [-0.39, 0.29) is 24.1 Å². The molecule has 1 rings (SSSR count). The molecular formula is C17H24Cl3NO2. The zero-order valence-corrected chi connectivity index (χ0v) is 16.7. The van der Waals surface area contributed by atoms with Crippen LogP contribution in [0.5, 0.6) is 5.75 Å². The van der Waals surface area contributed by atoms with Gasteiger partial charge >= 0.3 is 0 Å². The summed E-state index contributed by atoms with van der Waals surface area (Å²) in [7, 11) is 0. The lowest BCUT2D eigenvalue weighted by Crippen LogP contribution is -2.55. The van der Waals surface area contributed by atoms with Crippen molar-refractivity contribution in [3.8, 4) is 5.75 Å². The van der Waals surface area contributed by atoms with Crippen LogP contribution in [0.2, 0.25) is 15.1 Å². The molecule has 0 bridgehead atoms. The number of benzene rings is 1. The van der Waals surface area contributed by atoms with Crippen molar-refractivity contribution >= 4 is 40.7 Å². The Balaban J connectivity index is 2.91. The van der Waals surface area contributed by atoms with Gasteiger partial charge in [-0.1, -0.05) is 48.7 Å². The van der Waals surface area contributed by atoms with Gasteiger partial charge < -0.3 is 9.64 Å². The third kappa shape index (κ3) is 4.91. The van der Waals surface area contributed by atoms with E-state index in [0.29, 0.717) is 26.7 Å². The molecular weight excluding hydrogens is 357 g/mol. The number of hydrogen-bond acceptors (Lipinski definition) is 2. The van der Waals surface area contributed by atoms with E-state index in [1.807, 2.05) is 18.7 Å². The Labute approximate surface area is 153 Å². The lowest BCUT2D eigenvalue weighted by molar-refractivity contribution is -0.143. The van der Waals surface area contributed by atoms with Crippen molar-refractivity contribution in [3.63, 3.8) is 0 Å². The van der Waals surface area contributed by atoms with Crippen LogP contribution < -0.4 is 4.74 Å². The lowest BCUT2D eigenvalue weighted by atomic mass is 9.87. The molecule has 0 aromatic heterocycles. The standard InChI is InChI=1S/C17H24Cl3NO2/c1-10(2)17(5,6)21(11(3)4)16(22)9-23-15-8-13(19)12(18)7-14(15)20/h7-8,10-11H,9H2,1-6H3. The third-order valence-corrected chi connectivity index (χ3v) is 5.16. The number of carbonyl (C=O) groups is 1. The van der Waals surface area contributed by atoms with Crippen LogP contribution in [0.1, 0.15) is 41.5 Å². The van der Waals surface area contributed by atoms with Crippen molar-refractivity contribution in [2.45, 2.75) is 53.1 Å². The van der Waals surface area contributed by atoms with Crippen LogP contribution in [0.15, 0.2) is 12.1 Å². The highest BCUT2D eigenvalue weighted by atomic mass is 35.5. The molecule has 0 heterocycles. The maximum Gasteiger partial charge on any atom is 0.261 e. The van der Waals surface area contributed by atoms with Crippen molar-refractivity contribution in [1.82, 2.24) is 4.90 Å². The summed E-state index contributed by atoms with van der Waals surface area (Å²) in [6, 6.07) is 3.09. The van der Waals surface area contributed by atoms with Gasteiger partial charge in [0, 0.05) is 17.6 Å². The largest absolute Gasteiger partial charge is 0.482 e. The molecule has 0 aliphatic rings. The van der Waals surface area contributed by atoms with Crippen LogP contribution >= 0.6 is 34.8 Å². The summed E-state index contributed by atoms with van der Waals surface area (Å²) in [5.74, 6) is 0.559. The highest BCUT2D eigenvalue weighted by Gasteiger charge is 2.35. The predicted molar refractivity (Wildman–Crippen MR) is 97.9 cm³/mol. The summed E-state index contributed by atoms with van der Waals surface area (Å²) in [6.45, 7) is 12.2. The molecule has 1 aromatic carbocycles. The van der Waals surface area contributed by atoms with Gasteiger partial charge in [-0.05, 0) is 39.7 Å². The molecule has 0 saturated heterocycles. The molecule has 0 aliphatic carbocycles. The average Bonchev–Trinajstić information content (AvgIpc) is 2.40. The molecule has 6 heteroatoms. The quantitative estimate of drug-likeness (QED) is 0.593. The molecule has 3 nitrogen and oxygen atoms in total. The molecule has 0 fully saturated rings. The second kappa shape index (κ2) is 7.96. The van der Waals surface area contributed by atoms with Crippen LogP contribution in [0.4, 0.5) is 0 Å². The zero-order valence-electron chi connectivity index (χ0n) is 14.4.